The molecule has 7 atom stereocenters. The lowest BCUT2D eigenvalue weighted by Crippen LogP contribution is -2.31. The molecule has 116 valence electrons. The zero-order valence-corrected chi connectivity index (χ0v) is 13.2. The normalized spacial score (nSPS) is 45.3. The molecule has 0 aromatic carbocycles. The molecule has 0 saturated heterocycles. The van der Waals surface area contributed by atoms with E-state index in [0.717, 1.165) is 60.7 Å². The summed E-state index contributed by atoms with van der Waals surface area (Å²) in [6.07, 6.45) is 13.1. The lowest BCUT2D eigenvalue weighted by Gasteiger charge is -2.36. The number of carbonyl (C=O) groups is 1. The number of esters is 1. The monoisotopic (exact) mass is 288 g/mol. The van der Waals surface area contributed by atoms with E-state index < -0.39 is 0 Å². The van der Waals surface area contributed by atoms with Crippen molar-refractivity contribution in [2.75, 3.05) is 6.61 Å². The Morgan fingerprint density at radius 2 is 1.95 bits per heavy atom. The van der Waals surface area contributed by atoms with Gasteiger partial charge in [-0.15, -0.1) is 0 Å². The van der Waals surface area contributed by atoms with Crippen molar-refractivity contribution in [3.63, 3.8) is 0 Å². The number of hydrogen-bond donors (Lipinski definition) is 0. The van der Waals surface area contributed by atoms with Crippen molar-refractivity contribution in [1.29, 1.82) is 0 Å². The van der Waals surface area contributed by atoms with Crippen LogP contribution in [0.25, 0.3) is 0 Å². The van der Waals surface area contributed by atoms with Gasteiger partial charge in [-0.05, 0) is 73.5 Å². The average molecular weight is 288 g/mol. The first-order valence-electron chi connectivity index (χ1n) is 9.12. The van der Waals surface area contributed by atoms with Crippen molar-refractivity contribution < 1.29 is 9.53 Å². The molecule has 3 fully saturated rings. The molecule has 2 nitrogen and oxygen atoms in total. The van der Waals surface area contributed by atoms with E-state index >= 15 is 0 Å². The molecule has 4 aliphatic rings. The van der Waals surface area contributed by atoms with Crippen molar-refractivity contribution in [2.24, 2.45) is 41.4 Å². The highest BCUT2D eigenvalue weighted by Gasteiger charge is 2.60. The van der Waals surface area contributed by atoms with Gasteiger partial charge >= 0.3 is 5.97 Å². The maximum atomic E-state index is 11.8. The minimum absolute atomic E-state index is 0.0376. The first-order valence-corrected chi connectivity index (χ1v) is 9.12. The molecule has 0 N–H and O–H groups in total. The maximum Gasteiger partial charge on any atom is 0.305 e. The topological polar surface area (TPSA) is 26.3 Å². The highest BCUT2D eigenvalue weighted by atomic mass is 16.5. The summed E-state index contributed by atoms with van der Waals surface area (Å²) in [5.74, 6) is 6.52. The highest BCUT2D eigenvalue weighted by Crippen LogP contribution is 2.67. The lowest BCUT2D eigenvalue weighted by atomic mass is 9.68. The molecule has 0 aromatic heterocycles. The van der Waals surface area contributed by atoms with E-state index in [2.05, 4.69) is 19.1 Å². The fraction of sp³-hybridized carbons (Fsp3) is 0.842. The minimum Gasteiger partial charge on any atom is -0.466 e. The Hall–Kier alpha value is -0.790. The van der Waals surface area contributed by atoms with Crippen LogP contribution in [0.3, 0.4) is 0 Å². The second-order valence-electron chi connectivity index (χ2n) is 7.87. The van der Waals surface area contributed by atoms with E-state index in [1.807, 2.05) is 0 Å². The van der Waals surface area contributed by atoms with Gasteiger partial charge in [-0.25, -0.2) is 0 Å². The number of allylic oxidation sites excluding steroid dienone is 2. The van der Waals surface area contributed by atoms with E-state index in [1.165, 1.54) is 19.3 Å². The largest absolute Gasteiger partial charge is 0.466 e. The summed E-state index contributed by atoms with van der Waals surface area (Å²) in [7, 11) is 0. The van der Waals surface area contributed by atoms with E-state index in [4.69, 9.17) is 4.74 Å². The number of carbonyl (C=O) groups excluding carboxylic acids is 1. The molecule has 7 unspecified atom stereocenters. The Kier molecular flexibility index (Phi) is 3.59. The summed E-state index contributed by atoms with van der Waals surface area (Å²) in [5.41, 5.74) is 0. The zero-order chi connectivity index (χ0) is 14.4. The van der Waals surface area contributed by atoms with Gasteiger partial charge in [0.1, 0.15) is 0 Å². The molecule has 0 aliphatic heterocycles. The Labute approximate surface area is 128 Å². The van der Waals surface area contributed by atoms with Crippen molar-refractivity contribution in [3.05, 3.63) is 12.2 Å². The molecule has 0 spiro atoms. The molecule has 0 aromatic rings. The Balaban J connectivity index is 1.29. The average Bonchev–Trinajstić information content (AvgIpc) is 3.23. The molecule has 0 heterocycles. The number of fused-ring (bicyclic) bond motifs is 9. The van der Waals surface area contributed by atoms with Gasteiger partial charge in [-0.1, -0.05) is 25.5 Å². The van der Waals surface area contributed by atoms with Crippen LogP contribution in [0, 0.1) is 41.4 Å². The van der Waals surface area contributed by atoms with Crippen molar-refractivity contribution in [3.8, 4) is 0 Å². The van der Waals surface area contributed by atoms with Gasteiger partial charge in [0.15, 0.2) is 0 Å². The van der Waals surface area contributed by atoms with E-state index in [1.54, 1.807) is 0 Å². The SMILES string of the molecule is CCCCOC(=O)CCC1CC2CC1C1C3C=CC(C3)C21. The molecule has 4 bridgehead atoms. The molecule has 2 heteroatoms. The molecule has 21 heavy (non-hydrogen) atoms. The van der Waals surface area contributed by atoms with Crippen LogP contribution in [-0.2, 0) is 9.53 Å². The summed E-state index contributed by atoms with van der Waals surface area (Å²) < 4.78 is 5.31. The number of ether oxygens (including phenoxy) is 1. The quantitative estimate of drug-likeness (QED) is 0.317. The molecule has 4 rings (SSSR count). The van der Waals surface area contributed by atoms with Crippen LogP contribution in [0.5, 0.6) is 0 Å². The van der Waals surface area contributed by atoms with Crippen molar-refractivity contribution >= 4 is 5.97 Å². The predicted molar refractivity (Wildman–Crippen MR) is 82.5 cm³/mol. The van der Waals surface area contributed by atoms with Gasteiger partial charge in [-0.3, -0.25) is 4.79 Å². The number of unbranched alkanes of at least 4 members (excludes halogenated alkanes) is 1. The van der Waals surface area contributed by atoms with Crippen molar-refractivity contribution in [1.82, 2.24) is 0 Å². The van der Waals surface area contributed by atoms with Crippen LogP contribution in [0.15, 0.2) is 12.2 Å². The van der Waals surface area contributed by atoms with Gasteiger partial charge in [0.2, 0.25) is 0 Å². The third kappa shape index (κ3) is 2.26. The summed E-state index contributed by atoms with van der Waals surface area (Å²) in [5, 5.41) is 0. The molecule has 0 amide bonds. The maximum absolute atomic E-state index is 11.8. The Morgan fingerprint density at radius 3 is 2.76 bits per heavy atom. The van der Waals surface area contributed by atoms with Gasteiger partial charge in [0.05, 0.1) is 6.61 Å². The van der Waals surface area contributed by atoms with Crippen LogP contribution >= 0.6 is 0 Å². The van der Waals surface area contributed by atoms with Crippen LogP contribution in [-0.4, -0.2) is 12.6 Å². The molecule has 3 saturated carbocycles. The highest BCUT2D eigenvalue weighted by molar-refractivity contribution is 5.69. The van der Waals surface area contributed by atoms with Crippen LogP contribution in [0.2, 0.25) is 0 Å². The first-order chi connectivity index (χ1) is 10.3. The number of rotatable bonds is 6. The van der Waals surface area contributed by atoms with Gasteiger partial charge in [0.25, 0.3) is 0 Å². The summed E-state index contributed by atoms with van der Waals surface area (Å²) >= 11 is 0. The summed E-state index contributed by atoms with van der Waals surface area (Å²) in [4.78, 5) is 11.8. The lowest BCUT2D eigenvalue weighted by molar-refractivity contribution is -0.144. The minimum atomic E-state index is 0.0376. The second-order valence-corrected chi connectivity index (χ2v) is 7.87. The van der Waals surface area contributed by atoms with Crippen LogP contribution < -0.4 is 0 Å². The third-order valence-corrected chi connectivity index (χ3v) is 6.89. The zero-order valence-electron chi connectivity index (χ0n) is 13.2. The molecule has 0 radical (unpaired) electrons. The Bertz CT molecular complexity index is 441. The van der Waals surface area contributed by atoms with E-state index in [0.29, 0.717) is 13.0 Å². The summed E-state index contributed by atoms with van der Waals surface area (Å²) in [6.45, 7) is 2.74. The van der Waals surface area contributed by atoms with Gasteiger partial charge in [-0.2, -0.15) is 0 Å². The first kappa shape index (κ1) is 13.8. The van der Waals surface area contributed by atoms with Gasteiger partial charge in [0, 0.05) is 6.42 Å². The fourth-order valence-electron chi connectivity index (χ4n) is 6.19. The third-order valence-electron chi connectivity index (χ3n) is 6.89. The molecular weight excluding hydrogens is 260 g/mol. The number of hydrogen-bond acceptors (Lipinski definition) is 2. The van der Waals surface area contributed by atoms with Gasteiger partial charge < -0.3 is 4.74 Å². The van der Waals surface area contributed by atoms with Crippen molar-refractivity contribution in [2.45, 2.75) is 51.9 Å². The smallest absolute Gasteiger partial charge is 0.305 e. The van der Waals surface area contributed by atoms with Crippen LogP contribution in [0.4, 0.5) is 0 Å². The van der Waals surface area contributed by atoms with E-state index in [-0.39, 0.29) is 5.97 Å². The van der Waals surface area contributed by atoms with E-state index in [9.17, 15) is 4.79 Å². The standard InChI is InChI=1S/C19H28O2/c1-2-3-8-21-17(20)7-6-12-9-15-11-16(12)19-14-5-4-13(10-14)18(15)19/h4-5,12-16,18-19H,2-3,6-11H2,1H3. The predicted octanol–water partition coefficient (Wildman–Crippen LogP) is 4.20. The summed E-state index contributed by atoms with van der Waals surface area (Å²) in [6, 6.07) is 0. The Morgan fingerprint density at radius 1 is 1.14 bits per heavy atom. The van der Waals surface area contributed by atoms with Crippen LogP contribution in [0.1, 0.15) is 51.9 Å². The molecule has 4 aliphatic carbocycles. The second kappa shape index (κ2) is 5.44. The molecular formula is C19H28O2. The fourth-order valence-corrected chi connectivity index (χ4v) is 6.19.